The Morgan fingerprint density at radius 3 is 2.75 bits per heavy atom. The Kier molecular flexibility index (Phi) is 4.20. The molecule has 0 aliphatic heterocycles. The number of hydrogen-bond donors (Lipinski definition) is 1. The molecule has 1 amide bonds. The summed E-state index contributed by atoms with van der Waals surface area (Å²) in [4.78, 5) is 27.2. The Balaban J connectivity index is 2.69. The minimum Gasteiger partial charge on any atom is -0.302 e. The van der Waals surface area contributed by atoms with Gasteiger partial charge in [-0.3, -0.25) is 9.59 Å². The fraction of sp³-hybridized carbons (Fsp3) is 0.364. The number of amides is 1. The minimum atomic E-state index is -0.179. The number of thiazole rings is 1. The minimum absolute atomic E-state index is 0.0425. The molecule has 0 bridgehead atoms. The van der Waals surface area contributed by atoms with Gasteiger partial charge in [0.15, 0.2) is 10.9 Å². The molecule has 1 N–H and O–H groups in total. The van der Waals surface area contributed by atoms with Crippen molar-refractivity contribution in [1.82, 2.24) is 4.98 Å². The summed E-state index contributed by atoms with van der Waals surface area (Å²) in [6, 6.07) is 0. The smallest absolute Gasteiger partial charge is 0.227 e. The van der Waals surface area contributed by atoms with Crippen LogP contribution in [0, 0.1) is 19.3 Å². The molecule has 0 aliphatic rings. The van der Waals surface area contributed by atoms with Crippen LogP contribution in [0.1, 0.15) is 35.1 Å². The van der Waals surface area contributed by atoms with Gasteiger partial charge >= 0.3 is 0 Å². The zero-order chi connectivity index (χ0) is 12.1. The van der Waals surface area contributed by atoms with Crippen LogP contribution in [0.25, 0.3) is 0 Å². The molecule has 1 rings (SSSR count). The molecule has 4 nitrogen and oxygen atoms in total. The lowest BCUT2D eigenvalue weighted by Crippen LogP contribution is -2.10. The molecular weight excluding hydrogens is 224 g/mol. The molecule has 16 heavy (non-hydrogen) atoms. The van der Waals surface area contributed by atoms with Gasteiger partial charge < -0.3 is 5.32 Å². The van der Waals surface area contributed by atoms with Crippen molar-refractivity contribution in [2.24, 2.45) is 0 Å². The zero-order valence-corrected chi connectivity index (χ0v) is 9.98. The molecule has 0 atom stereocenters. The first-order chi connectivity index (χ1) is 7.54. The van der Waals surface area contributed by atoms with Crippen molar-refractivity contribution in [3.8, 4) is 12.3 Å². The maximum atomic E-state index is 11.3. The summed E-state index contributed by atoms with van der Waals surface area (Å²) in [5, 5.41) is 3.06. The number of ketones is 1. The van der Waals surface area contributed by atoms with Gasteiger partial charge in [0, 0.05) is 19.8 Å². The van der Waals surface area contributed by atoms with Gasteiger partial charge in [-0.15, -0.1) is 12.3 Å². The normalized spacial score (nSPS) is 9.56. The van der Waals surface area contributed by atoms with Crippen molar-refractivity contribution < 1.29 is 9.59 Å². The van der Waals surface area contributed by atoms with Crippen LogP contribution in [0.15, 0.2) is 0 Å². The van der Waals surface area contributed by atoms with E-state index < -0.39 is 0 Å². The molecule has 1 aromatic heterocycles. The average molecular weight is 236 g/mol. The molecule has 0 radical (unpaired) electrons. The highest BCUT2D eigenvalue weighted by molar-refractivity contribution is 7.17. The lowest BCUT2D eigenvalue weighted by molar-refractivity contribution is -0.116. The van der Waals surface area contributed by atoms with E-state index in [2.05, 4.69) is 16.2 Å². The summed E-state index contributed by atoms with van der Waals surface area (Å²) in [5.74, 6) is 2.17. The predicted molar refractivity (Wildman–Crippen MR) is 63.6 cm³/mol. The SMILES string of the molecule is C#CCCC(=O)Nc1nc(C)c(C(C)=O)s1. The number of rotatable bonds is 4. The molecule has 1 heterocycles. The standard InChI is InChI=1S/C11H12N2O2S/c1-4-5-6-9(15)13-11-12-7(2)10(16-11)8(3)14/h1H,5-6H2,2-3H3,(H,12,13,15). The second kappa shape index (κ2) is 5.42. The number of aryl methyl sites for hydroxylation is 1. The summed E-state index contributed by atoms with van der Waals surface area (Å²) in [7, 11) is 0. The Labute approximate surface area is 98.1 Å². The van der Waals surface area contributed by atoms with Crippen molar-refractivity contribution in [1.29, 1.82) is 0 Å². The summed E-state index contributed by atoms with van der Waals surface area (Å²) in [6.45, 7) is 3.22. The number of aromatic nitrogens is 1. The molecule has 0 saturated carbocycles. The summed E-state index contributed by atoms with van der Waals surface area (Å²) in [5.41, 5.74) is 0.643. The fourth-order valence-corrected chi connectivity index (χ4v) is 2.02. The van der Waals surface area contributed by atoms with Gasteiger partial charge in [-0.1, -0.05) is 11.3 Å². The number of Topliss-reactive ketones (excluding diaryl/α,β-unsaturated/α-hetero) is 1. The van der Waals surface area contributed by atoms with Crippen LogP contribution in [-0.4, -0.2) is 16.7 Å². The first kappa shape index (κ1) is 12.4. The maximum absolute atomic E-state index is 11.3. The van der Waals surface area contributed by atoms with Gasteiger partial charge in [-0.2, -0.15) is 0 Å². The van der Waals surface area contributed by atoms with Crippen LogP contribution < -0.4 is 5.32 Å². The number of nitrogens with one attached hydrogen (secondary N) is 1. The molecule has 0 aliphatic carbocycles. The monoisotopic (exact) mass is 236 g/mol. The number of nitrogens with zero attached hydrogens (tertiary/aromatic N) is 1. The Hall–Kier alpha value is -1.67. The van der Waals surface area contributed by atoms with E-state index in [1.807, 2.05) is 0 Å². The molecule has 0 saturated heterocycles. The van der Waals surface area contributed by atoms with E-state index in [-0.39, 0.29) is 18.1 Å². The zero-order valence-electron chi connectivity index (χ0n) is 9.16. The quantitative estimate of drug-likeness (QED) is 0.642. The van der Waals surface area contributed by atoms with E-state index in [9.17, 15) is 9.59 Å². The van der Waals surface area contributed by atoms with Crippen LogP contribution in [0.4, 0.5) is 5.13 Å². The van der Waals surface area contributed by atoms with Gasteiger partial charge in [-0.05, 0) is 6.92 Å². The number of carbonyl (C=O) groups is 2. The number of carbonyl (C=O) groups excluding carboxylic acids is 2. The largest absolute Gasteiger partial charge is 0.302 e. The van der Waals surface area contributed by atoms with E-state index in [1.165, 1.54) is 18.3 Å². The Morgan fingerprint density at radius 2 is 2.25 bits per heavy atom. The van der Waals surface area contributed by atoms with Crippen LogP contribution in [-0.2, 0) is 4.79 Å². The predicted octanol–water partition coefficient (Wildman–Crippen LogP) is 2.01. The van der Waals surface area contributed by atoms with E-state index in [0.717, 1.165) is 0 Å². The third-order valence-electron chi connectivity index (χ3n) is 1.86. The third kappa shape index (κ3) is 3.17. The van der Waals surface area contributed by atoms with Crippen LogP contribution in [0.3, 0.4) is 0 Å². The topological polar surface area (TPSA) is 59.1 Å². The number of anilines is 1. The Morgan fingerprint density at radius 1 is 1.56 bits per heavy atom. The van der Waals surface area contributed by atoms with E-state index in [0.29, 0.717) is 22.1 Å². The highest BCUT2D eigenvalue weighted by Gasteiger charge is 2.12. The van der Waals surface area contributed by atoms with Crippen LogP contribution >= 0.6 is 11.3 Å². The molecule has 0 unspecified atom stereocenters. The first-order valence-corrected chi connectivity index (χ1v) is 5.58. The molecule has 5 heteroatoms. The summed E-state index contributed by atoms with van der Waals surface area (Å²) in [6.07, 6.45) is 5.72. The maximum Gasteiger partial charge on any atom is 0.227 e. The van der Waals surface area contributed by atoms with Crippen molar-refractivity contribution in [2.75, 3.05) is 5.32 Å². The second-order valence-electron chi connectivity index (χ2n) is 3.24. The molecule has 1 aromatic rings. The number of terminal acetylenes is 1. The van der Waals surface area contributed by atoms with Gasteiger partial charge in [0.2, 0.25) is 5.91 Å². The van der Waals surface area contributed by atoms with Gasteiger partial charge in [0.25, 0.3) is 0 Å². The van der Waals surface area contributed by atoms with E-state index in [4.69, 9.17) is 6.42 Å². The van der Waals surface area contributed by atoms with Crippen molar-refractivity contribution >= 4 is 28.2 Å². The van der Waals surface area contributed by atoms with E-state index in [1.54, 1.807) is 6.92 Å². The molecule has 84 valence electrons. The van der Waals surface area contributed by atoms with Gasteiger partial charge in [0.05, 0.1) is 10.6 Å². The Bertz CT molecular complexity index is 457. The van der Waals surface area contributed by atoms with Crippen LogP contribution in [0.2, 0.25) is 0 Å². The molecule has 0 aromatic carbocycles. The van der Waals surface area contributed by atoms with Crippen LogP contribution in [0.5, 0.6) is 0 Å². The summed E-state index contributed by atoms with van der Waals surface area (Å²) >= 11 is 1.19. The van der Waals surface area contributed by atoms with Crippen molar-refractivity contribution in [2.45, 2.75) is 26.7 Å². The van der Waals surface area contributed by atoms with Gasteiger partial charge in [-0.25, -0.2) is 4.98 Å². The van der Waals surface area contributed by atoms with Crippen molar-refractivity contribution in [3.05, 3.63) is 10.6 Å². The van der Waals surface area contributed by atoms with Crippen molar-refractivity contribution in [3.63, 3.8) is 0 Å². The summed E-state index contributed by atoms with van der Waals surface area (Å²) < 4.78 is 0. The average Bonchev–Trinajstić information content (AvgIpc) is 2.56. The molecular formula is C11H12N2O2S. The van der Waals surface area contributed by atoms with E-state index >= 15 is 0 Å². The fourth-order valence-electron chi connectivity index (χ4n) is 1.14. The molecule has 0 spiro atoms. The lowest BCUT2D eigenvalue weighted by atomic mass is 10.3. The number of hydrogen-bond acceptors (Lipinski definition) is 4. The third-order valence-corrected chi connectivity index (χ3v) is 3.03. The highest BCUT2D eigenvalue weighted by atomic mass is 32.1. The second-order valence-corrected chi connectivity index (χ2v) is 4.24. The highest BCUT2D eigenvalue weighted by Crippen LogP contribution is 2.22. The first-order valence-electron chi connectivity index (χ1n) is 4.76. The lowest BCUT2D eigenvalue weighted by Gasteiger charge is -1.97. The molecule has 0 fully saturated rings. The van der Waals surface area contributed by atoms with Gasteiger partial charge in [0.1, 0.15) is 0 Å².